The van der Waals surface area contributed by atoms with Crippen molar-refractivity contribution in [3.8, 4) is 0 Å². The summed E-state index contributed by atoms with van der Waals surface area (Å²) in [6.07, 6.45) is 3.87. The molecular weight excluding hydrogens is 296 g/mol. The molecule has 124 valence electrons. The van der Waals surface area contributed by atoms with Crippen LogP contribution in [-0.2, 0) is 11.2 Å². The number of ether oxygens (including phenoxy) is 1. The van der Waals surface area contributed by atoms with Crippen LogP contribution in [0, 0.1) is 0 Å². The fourth-order valence-corrected chi connectivity index (χ4v) is 3.77. The highest BCUT2D eigenvalue weighted by atomic mass is 32.1. The number of nitrogens with one attached hydrogen (secondary N) is 2. The van der Waals surface area contributed by atoms with E-state index >= 15 is 0 Å². The first-order chi connectivity index (χ1) is 10.3. The standard InChI is InChI=1S/C17H28N2O2S/c1-12(10-15-6-5-9-22-15)18-13-7-8-14(11-13)19-16(20)21-17(2,3)4/h5-6,9,12-14,18H,7-8,10-11H2,1-4H3,(H,19,20). The summed E-state index contributed by atoms with van der Waals surface area (Å²) in [5, 5.41) is 8.79. The molecule has 1 saturated carbocycles. The Morgan fingerprint density at radius 2 is 2.14 bits per heavy atom. The Balaban J connectivity index is 1.70. The van der Waals surface area contributed by atoms with E-state index in [2.05, 4.69) is 35.1 Å². The molecule has 1 aliphatic rings. The zero-order chi connectivity index (χ0) is 16.2. The molecule has 0 spiro atoms. The van der Waals surface area contributed by atoms with Crippen LogP contribution in [0.4, 0.5) is 4.79 Å². The lowest BCUT2D eigenvalue weighted by Crippen LogP contribution is -2.40. The lowest BCUT2D eigenvalue weighted by molar-refractivity contribution is 0.0505. The number of hydrogen-bond donors (Lipinski definition) is 2. The number of amides is 1. The van der Waals surface area contributed by atoms with Gasteiger partial charge in [0.05, 0.1) is 0 Å². The number of thiophene rings is 1. The summed E-state index contributed by atoms with van der Waals surface area (Å²) in [7, 11) is 0. The lowest BCUT2D eigenvalue weighted by Gasteiger charge is -2.22. The molecule has 1 aromatic rings. The molecule has 3 unspecified atom stereocenters. The Morgan fingerprint density at radius 1 is 1.41 bits per heavy atom. The molecule has 1 aromatic heterocycles. The van der Waals surface area contributed by atoms with Gasteiger partial charge >= 0.3 is 6.09 Å². The van der Waals surface area contributed by atoms with Crippen molar-refractivity contribution in [3.63, 3.8) is 0 Å². The van der Waals surface area contributed by atoms with Crippen molar-refractivity contribution in [2.75, 3.05) is 0 Å². The third-order valence-corrected chi connectivity index (χ3v) is 4.66. The zero-order valence-corrected chi connectivity index (χ0v) is 14.8. The van der Waals surface area contributed by atoms with Gasteiger partial charge in [-0.25, -0.2) is 4.79 Å². The van der Waals surface area contributed by atoms with Crippen LogP contribution >= 0.6 is 11.3 Å². The molecule has 5 heteroatoms. The summed E-state index contributed by atoms with van der Waals surface area (Å²) in [4.78, 5) is 13.2. The first-order valence-electron chi connectivity index (χ1n) is 8.10. The minimum atomic E-state index is -0.435. The van der Waals surface area contributed by atoms with E-state index in [4.69, 9.17) is 4.74 Å². The van der Waals surface area contributed by atoms with Crippen LogP contribution in [0.5, 0.6) is 0 Å². The topological polar surface area (TPSA) is 50.4 Å². The second kappa shape index (κ2) is 7.47. The lowest BCUT2D eigenvalue weighted by atomic mass is 10.1. The molecule has 1 heterocycles. The molecule has 0 aliphatic heterocycles. The van der Waals surface area contributed by atoms with Gasteiger partial charge in [-0.1, -0.05) is 6.07 Å². The van der Waals surface area contributed by atoms with Gasteiger partial charge in [-0.3, -0.25) is 0 Å². The average molecular weight is 324 g/mol. The monoisotopic (exact) mass is 324 g/mol. The van der Waals surface area contributed by atoms with E-state index in [9.17, 15) is 4.79 Å². The number of hydrogen-bond acceptors (Lipinski definition) is 4. The molecule has 2 N–H and O–H groups in total. The fourth-order valence-electron chi connectivity index (χ4n) is 2.93. The third-order valence-electron chi connectivity index (χ3n) is 3.76. The third kappa shape index (κ3) is 5.97. The fraction of sp³-hybridized carbons (Fsp3) is 0.706. The van der Waals surface area contributed by atoms with E-state index in [-0.39, 0.29) is 12.1 Å². The maximum atomic E-state index is 11.8. The van der Waals surface area contributed by atoms with Crippen LogP contribution < -0.4 is 10.6 Å². The molecule has 1 aliphatic carbocycles. The maximum absolute atomic E-state index is 11.8. The minimum absolute atomic E-state index is 0.223. The Morgan fingerprint density at radius 3 is 2.77 bits per heavy atom. The number of carbonyl (C=O) groups excluding carboxylic acids is 1. The smallest absolute Gasteiger partial charge is 0.407 e. The minimum Gasteiger partial charge on any atom is -0.444 e. The van der Waals surface area contributed by atoms with E-state index in [1.807, 2.05) is 32.1 Å². The van der Waals surface area contributed by atoms with Gasteiger partial charge < -0.3 is 15.4 Å². The second-order valence-electron chi connectivity index (χ2n) is 7.20. The molecule has 2 rings (SSSR count). The van der Waals surface area contributed by atoms with Crippen molar-refractivity contribution < 1.29 is 9.53 Å². The molecule has 1 fully saturated rings. The normalized spacial score (nSPS) is 23.3. The number of alkyl carbamates (subject to hydrolysis) is 1. The molecule has 0 bridgehead atoms. The average Bonchev–Trinajstić information content (AvgIpc) is 2.98. The van der Waals surface area contributed by atoms with Crippen molar-refractivity contribution in [2.45, 2.75) is 77.1 Å². The zero-order valence-electron chi connectivity index (χ0n) is 14.0. The van der Waals surface area contributed by atoms with Gasteiger partial charge in [0.25, 0.3) is 0 Å². The van der Waals surface area contributed by atoms with Gasteiger partial charge in [-0.05, 0) is 64.8 Å². The molecule has 22 heavy (non-hydrogen) atoms. The van der Waals surface area contributed by atoms with E-state index in [0.717, 1.165) is 25.7 Å². The van der Waals surface area contributed by atoms with Gasteiger partial charge in [0.15, 0.2) is 0 Å². The van der Waals surface area contributed by atoms with Crippen LogP contribution in [0.1, 0.15) is 51.8 Å². The predicted molar refractivity (Wildman–Crippen MR) is 91.4 cm³/mol. The summed E-state index contributed by atoms with van der Waals surface area (Å²) in [5.74, 6) is 0. The highest BCUT2D eigenvalue weighted by Gasteiger charge is 2.28. The molecule has 0 saturated heterocycles. The SMILES string of the molecule is CC(Cc1cccs1)NC1CCC(NC(=O)OC(C)(C)C)C1. The van der Waals surface area contributed by atoms with Crippen LogP contribution in [0.25, 0.3) is 0 Å². The highest BCUT2D eigenvalue weighted by molar-refractivity contribution is 7.09. The van der Waals surface area contributed by atoms with Gasteiger partial charge in [-0.2, -0.15) is 0 Å². The Bertz CT molecular complexity index is 468. The molecule has 0 radical (unpaired) electrons. The van der Waals surface area contributed by atoms with Crippen molar-refractivity contribution in [2.24, 2.45) is 0 Å². The predicted octanol–water partition coefficient (Wildman–Crippen LogP) is 3.71. The number of carbonyl (C=O) groups is 1. The van der Waals surface area contributed by atoms with Crippen LogP contribution in [0.15, 0.2) is 17.5 Å². The molecule has 3 atom stereocenters. The first-order valence-corrected chi connectivity index (χ1v) is 8.98. The second-order valence-corrected chi connectivity index (χ2v) is 8.24. The summed E-state index contributed by atoms with van der Waals surface area (Å²) >= 11 is 1.81. The van der Waals surface area contributed by atoms with E-state index in [1.165, 1.54) is 4.88 Å². The van der Waals surface area contributed by atoms with Crippen molar-refractivity contribution in [1.29, 1.82) is 0 Å². The summed E-state index contributed by atoms with van der Waals surface area (Å²) < 4.78 is 5.32. The Labute approximate surface area is 137 Å². The van der Waals surface area contributed by atoms with Crippen molar-refractivity contribution >= 4 is 17.4 Å². The molecular formula is C17H28N2O2S. The summed E-state index contributed by atoms with van der Waals surface area (Å²) in [6, 6.07) is 5.45. The molecule has 1 amide bonds. The van der Waals surface area contributed by atoms with Crippen molar-refractivity contribution in [1.82, 2.24) is 10.6 Å². The van der Waals surface area contributed by atoms with Crippen LogP contribution in [-0.4, -0.2) is 29.8 Å². The summed E-state index contributed by atoms with van der Waals surface area (Å²) in [5.41, 5.74) is -0.435. The quantitative estimate of drug-likeness (QED) is 0.868. The largest absolute Gasteiger partial charge is 0.444 e. The number of rotatable bonds is 5. The van der Waals surface area contributed by atoms with Crippen LogP contribution in [0.3, 0.4) is 0 Å². The van der Waals surface area contributed by atoms with E-state index < -0.39 is 5.60 Å². The highest BCUT2D eigenvalue weighted by Crippen LogP contribution is 2.21. The Kier molecular flexibility index (Phi) is 5.87. The van der Waals surface area contributed by atoms with E-state index in [0.29, 0.717) is 12.1 Å². The first kappa shape index (κ1) is 17.3. The van der Waals surface area contributed by atoms with Gasteiger partial charge in [0.2, 0.25) is 0 Å². The maximum Gasteiger partial charge on any atom is 0.407 e. The van der Waals surface area contributed by atoms with Gasteiger partial charge in [0.1, 0.15) is 5.60 Å². The van der Waals surface area contributed by atoms with E-state index in [1.54, 1.807) is 0 Å². The van der Waals surface area contributed by atoms with Crippen molar-refractivity contribution in [3.05, 3.63) is 22.4 Å². The molecule has 0 aromatic carbocycles. The summed E-state index contributed by atoms with van der Waals surface area (Å²) in [6.45, 7) is 7.89. The van der Waals surface area contributed by atoms with Gasteiger partial charge in [-0.15, -0.1) is 11.3 Å². The Hall–Kier alpha value is -1.07. The molecule has 4 nitrogen and oxygen atoms in total. The van der Waals surface area contributed by atoms with Crippen LogP contribution in [0.2, 0.25) is 0 Å². The van der Waals surface area contributed by atoms with Gasteiger partial charge in [0, 0.05) is 23.0 Å².